The van der Waals surface area contributed by atoms with Gasteiger partial charge in [0.05, 0.1) is 12.3 Å². The first-order valence-electron chi connectivity index (χ1n) is 8.10. The van der Waals surface area contributed by atoms with E-state index in [0.717, 1.165) is 42.4 Å². The SMILES string of the molecule is CCc1nn(C)c(CC)c1CNc1cc(CSCCO)ccn1. The summed E-state index contributed by atoms with van der Waals surface area (Å²) in [5.74, 6) is 2.55. The van der Waals surface area contributed by atoms with E-state index in [0.29, 0.717) is 0 Å². The Hall–Kier alpha value is -1.53. The lowest BCUT2D eigenvalue weighted by atomic mass is 10.1. The van der Waals surface area contributed by atoms with Gasteiger partial charge in [-0.1, -0.05) is 13.8 Å². The highest BCUT2D eigenvalue weighted by Crippen LogP contribution is 2.18. The molecular weight excluding hydrogens is 308 g/mol. The molecule has 0 aliphatic rings. The molecule has 0 unspecified atom stereocenters. The second-order valence-electron chi connectivity index (χ2n) is 5.38. The van der Waals surface area contributed by atoms with E-state index in [1.807, 2.05) is 24.0 Å². The van der Waals surface area contributed by atoms with Crippen molar-refractivity contribution in [3.05, 3.63) is 40.8 Å². The molecule has 0 aliphatic heterocycles. The predicted octanol–water partition coefficient (Wildman–Crippen LogP) is 2.78. The molecule has 0 atom stereocenters. The van der Waals surface area contributed by atoms with Crippen LogP contribution in [0.4, 0.5) is 5.82 Å². The molecule has 0 amide bonds. The number of hydrogen-bond acceptors (Lipinski definition) is 5. The van der Waals surface area contributed by atoms with Crippen LogP contribution in [0.25, 0.3) is 0 Å². The summed E-state index contributed by atoms with van der Waals surface area (Å²) in [6, 6.07) is 4.10. The smallest absolute Gasteiger partial charge is 0.126 e. The lowest BCUT2D eigenvalue weighted by Gasteiger charge is -2.09. The standard InChI is InChI=1S/C17H26N4OS/c1-4-15-14(16(5-2)21(3)20-15)11-19-17-10-13(6-7-18-17)12-23-9-8-22/h6-7,10,22H,4-5,8-9,11-12H2,1-3H3,(H,18,19). The molecule has 2 rings (SSSR count). The number of anilines is 1. The second-order valence-corrected chi connectivity index (χ2v) is 6.49. The van der Waals surface area contributed by atoms with Gasteiger partial charge >= 0.3 is 0 Å². The van der Waals surface area contributed by atoms with Crippen molar-refractivity contribution in [1.82, 2.24) is 14.8 Å². The quantitative estimate of drug-likeness (QED) is 0.691. The Morgan fingerprint density at radius 3 is 2.83 bits per heavy atom. The van der Waals surface area contributed by atoms with Gasteiger partial charge in [-0.3, -0.25) is 4.68 Å². The van der Waals surface area contributed by atoms with Gasteiger partial charge in [-0.15, -0.1) is 0 Å². The van der Waals surface area contributed by atoms with Crippen LogP contribution in [0.15, 0.2) is 18.3 Å². The topological polar surface area (TPSA) is 63.0 Å². The molecule has 0 saturated carbocycles. The normalized spacial score (nSPS) is 11.0. The maximum atomic E-state index is 8.86. The number of nitrogens with zero attached hydrogens (tertiary/aromatic N) is 3. The first-order valence-corrected chi connectivity index (χ1v) is 9.26. The van der Waals surface area contributed by atoms with Crippen molar-refractivity contribution in [2.45, 2.75) is 39.0 Å². The molecule has 0 aromatic carbocycles. The third-order valence-corrected chi connectivity index (χ3v) is 4.81. The van der Waals surface area contributed by atoms with Gasteiger partial charge in [0.1, 0.15) is 5.82 Å². The third kappa shape index (κ3) is 4.72. The molecule has 0 bridgehead atoms. The van der Waals surface area contributed by atoms with Crippen molar-refractivity contribution >= 4 is 17.6 Å². The van der Waals surface area contributed by atoms with E-state index >= 15 is 0 Å². The van der Waals surface area contributed by atoms with Crippen molar-refractivity contribution in [3.63, 3.8) is 0 Å². The summed E-state index contributed by atoms with van der Waals surface area (Å²) in [6.45, 7) is 5.28. The van der Waals surface area contributed by atoms with Gasteiger partial charge in [-0.05, 0) is 30.5 Å². The number of pyridine rings is 1. The summed E-state index contributed by atoms with van der Waals surface area (Å²) in [5, 5.41) is 16.9. The zero-order chi connectivity index (χ0) is 16.7. The van der Waals surface area contributed by atoms with Crippen molar-refractivity contribution in [2.24, 2.45) is 7.05 Å². The fourth-order valence-electron chi connectivity index (χ4n) is 2.69. The zero-order valence-electron chi connectivity index (χ0n) is 14.2. The zero-order valence-corrected chi connectivity index (χ0v) is 15.0. The van der Waals surface area contributed by atoms with E-state index in [9.17, 15) is 0 Å². The van der Waals surface area contributed by atoms with Crippen molar-refractivity contribution in [3.8, 4) is 0 Å². The minimum atomic E-state index is 0.224. The molecule has 0 spiro atoms. The number of aromatic nitrogens is 3. The molecule has 0 fully saturated rings. The Bertz CT molecular complexity index is 627. The summed E-state index contributed by atoms with van der Waals surface area (Å²) < 4.78 is 1.99. The number of aliphatic hydroxyl groups is 1. The summed E-state index contributed by atoms with van der Waals surface area (Å²) in [6.07, 6.45) is 3.75. The molecule has 2 N–H and O–H groups in total. The molecule has 0 saturated heterocycles. The average molecular weight is 334 g/mol. The number of thioether (sulfide) groups is 1. The molecule has 0 radical (unpaired) electrons. The van der Waals surface area contributed by atoms with Gasteiger partial charge in [-0.2, -0.15) is 16.9 Å². The monoisotopic (exact) mass is 334 g/mol. The van der Waals surface area contributed by atoms with Crippen molar-refractivity contribution < 1.29 is 5.11 Å². The molecule has 6 heteroatoms. The highest BCUT2D eigenvalue weighted by molar-refractivity contribution is 7.98. The average Bonchev–Trinajstić information content (AvgIpc) is 2.88. The van der Waals surface area contributed by atoms with Gasteiger partial charge in [-0.25, -0.2) is 4.98 Å². The number of aryl methyl sites for hydroxylation is 2. The van der Waals surface area contributed by atoms with Crippen LogP contribution in [-0.2, 0) is 32.2 Å². The van der Waals surface area contributed by atoms with E-state index in [2.05, 4.69) is 35.3 Å². The number of nitrogens with one attached hydrogen (secondary N) is 1. The Labute approximate surface area is 142 Å². The van der Waals surface area contributed by atoms with E-state index in [-0.39, 0.29) is 6.61 Å². The Balaban J connectivity index is 2.05. The van der Waals surface area contributed by atoms with Gasteiger partial charge in [0.25, 0.3) is 0 Å². The summed E-state index contributed by atoms with van der Waals surface area (Å²) >= 11 is 1.73. The Morgan fingerprint density at radius 2 is 2.13 bits per heavy atom. The largest absolute Gasteiger partial charge is 0.396 e. The predicted molar refractivity (Wildman–Crippen MR) is 96.8 cm³/mol. The van der Waals surface area contributed by atoms with Gasteiger partial charge in [0, 0.05) is 42.6 Å². The van der Waals surface area contributed by atoms with Crippen LogP contribution < -0.4 is 5.32 Å². The molecule has 0 aliphatic carbocycles. The molecule has 2 heterocycles. The van der Waals surface area contributed by atoms with Crippen molar-refractivity contribution in [2.75, 3.05) is 17.7 Å². The van der Waals surface area contributed by atoms with E-state index in [1.54, 1.807) is 11.8 Å². The summed E-state index contributed by atoms with van der Waals surface area (Å²) in [4.78, 5) is 4.40. The summed E-state index contributed by atoms with van der Waals surface area (Å²) in [7, 11) is 2.01. The molecule has 5 nitrogen and oxygen atoms in total. The van der Waals surface area contributed by atoms with Crippen LogP contribution in [0.2, 0.25) is 0 Å². The highest BCUT2D eigenvalue weighted by atomic mass is 32.2. The van der Waals surface area contributed by atoms with Gasteiger partial charge in [0.15, 0.2) is 0 Å². The van der Waals surface area contributed by atoms with Gasteiger partial charge in [0.2, 0.25) is 0 Å². The minimum absolute atomic E-state index is 0.224. The van der Waals surface area contributed by atoms with E-state index < -0.39 is 0 Å². The first-order chi connectivity index (χ1) is 11.2. The van der Waals surface area contributed by atoms with Crippen molar-refractivity contribution in [1.29, 1.82) is 0 Å². The lowest BCUT2D eigenvalue weighted by Crippen LogP contribution is -2.06. The fourth-order valence-corrected chi connectivity index (χ4v) is 3.38. The Kier molecular flexibility index (Phi) is 6.92. The number of hydrogen-bond donors (Lipinski definition) is 2. The lowest BCUT2D eigenvalue weighted by molar-refractivity contribution is 0.322. The maximum absolute atomic E-state index is 8.86. The van der Waals surface area contributed by atoms with Crippen LogP contribution in [0, 0.1) is 0 Å². The Morgan fingerprint density at radius 1 is 1.30 bits per heavy atom. The van der Waals surface area contributed by atoms with Crippen LogP contribution in [0.5, 0.6) is 0 Å². The van der Waals surface area contributed by atoms with E-state index in [4.69, 9.17) is 5.11 Å². The molecule has 2 aromatic heterocycles. The van der Waals surface area contributed by atoms with E-state index in [1.165, 1.54) is 16.8 Å². The third-order valence-electron chi connectivity index (χ3n) is 3.80. The fraction of sp³-hybridized carbons (Fsp3) is 0.529. The number of aliphatic hydroxyl groups excluding tert-OH is 1. The van der Waals surface area contributed by atoms with Crippen LogP contribution in [0.1, 0.15) is 36.4 Å². The first kappa shape index (κ1) is 17.8. The number of rotatable bonds is 9. The maximum Gasteiger partial charge on any atom is 0.126 e. The highest BCUT2D eigenvalue weighted by Gasteiger charge is 2.13. The minimum Gasteiger partial charge on any atom is -0.396 e. The van der Waals surface area contributed by atoms with Crippen LogP contribution in [0.3, 0.4) is 0 Å². The molecule has 2 aromatic rings. The van der Waals surface area contributed by atoms with Crippen LogP contribution >= 0.6 is 11.8 Å². The molecular formula is C17H26N4OS. The second kappa shape index (κ2) is 8.93. The van der Waals surface area contributed by atoms with Crippen LogP contribution in [-0.4, -0.2) is 32.2 Å². The summed E-state index contributed by atoms with van der Waals surface area (Å²) in [5.41, 5.74) is 4.95. The molecule has 126 valence electrons. The van der Waals surface area contributed by atoms with Gasteiger partial charge < -0.3 is 10.4 Å². The molecule has 23 heavy (non-hydrogen) atoms.